The van der Waals surface area contributed by atoms with Crippen molar-refractivity contribution in [2.45, 2.75) is 0 Å². The molecule has 0 aliphatic carbocycles. The summed E-state index contributed by atoms with van der Waals surface area (Å²) >= 11 is 0. The van der Waals surface area contributed by atoms with Gasteiger partial charge in [-0.15, -0.1) is 0 Å². The third-order valence-corrected chi connectivity index (χ3v) is 4.37. The fourth-order valence-electron chi connectivity index (χ4n) is 3.33. The van der Waals surface area contributed by atoms with E-state index < -0.39 is 0 Å². The number of hydrogen-bond acceptors (Lipinski definition) is 2. The Morgan fingerprint density at radius 3 is 2.29 bits per heavy atom. The molecule has 0 saturated carbocycles. The zero-order chi connectivity index (χ0) is 16.1. The number of halogens is 1. The first-order valence-corrected chi connectivity index (χ1v) is 7.72. The van der Waals surface area contributed by atoms with Crippen molar-refractivity contribution in [3.8, 4) is 5.82 Å². The molecule has 0 atom stereocenters. The van der Waals surface area contributed by atoms with Gasteiger partial charge in [-0.25, -0.2) is 14.4 Å². The Balaban J connectivity index is 2.02. The van der Waals surface area contributed by atoms with Crippen LogP contribution in [0.5, 0.6) is 0 Å². The monoisotopic (exact) mass is 313 g/mol. The standard InChI is InChI=1S/C20H12FN3/c21-17-12-23-20(15-8-2-1-6-13(15)17)24-18-10-4-3-7-14(18)16-9-5-11-22-19(16)24/h1-12H. The maximum Gasteiger partial charge on any atom is 0.149 e. The van der Waals surface area contributed by atoms with E-state index in [4.69, 9.17) is 0 Å². The highest BCUT2D eigenvalue weighted by molar-refractivity contribution is 6.08. The molecule has 2 aromatic carbocycles. The van der Waals surface area contributed by atoms with Crippen LogP contribution in [0, 0.1) is 5.82 Å². The van der Waals surface area contributed by atoms with Crippen molar-refractivity contribution >= 4 is 32.7 Å². The zero-order valence-corrected chi connectivity index (χ0v) is 12.6. The lowest BCUT2D eigenvalue weighted by Gasteiger charge is -2.10. The van der Waals surface area contributed by atoms with Crippen LogP contribution in [0.2, 0.25) is 0 Å². The average molecular weight is 313 g/mol. The van der Waals surface area contributed by atoms with Crippen LogP contribution in [-0.2, 0) is 0 Å². The minimum absolute atomic E-state index is 0.317. The topological polar surface area (TPSA) is 30.7 Å². The number of nitrogens with zero attached hydrogens (tertiary/aromatic N) is 3. The van der Waals surface area contributed by atoms with Crippen LogP contribution < -0.4 is 0 Å². The number of rotatable bonds is 1. The number of aromatic nitrogens is 3. The first-order valence-electron chi connectivity index (χ1n) is 7.72. The van der Waals surface area contributed by atoms with Crippen molar-refractivity contribution in [2.75, 3.05) is 0 Å². The minimum atomic E-state index is -0.317. The predicted molar refractivity (Wildman–Crippen MR) is 93.8 cm³/mol. The molecule has 24 heavy (non-hydrogen) atoms. The molecule has 4 heteroatoms. The molecule has 3 heterocycles. The van der Waals surface area contributed by atoms with Crippen molar-refractivity contribution in [3.05, 3.63) is 78.9 Å². The number of para-hydroxylation sites is 1. The van der Waals surface area contributed by atoms with Crippen LogP contribution in [0.15, 0.2) is 73.1 Å². The Morgan fingerprint density at radius 2 is 1.42 bits per heavy atom. The SMILES string of the molecule is Fc1cnc(-n2c3ccccc3c3cccnc32)c2ccccc12. The maximum atomic E-state index is 14.1. The van der Waals surface area contributed by atoms with Crippen LogP contribution in [0.25, 0.3) is 38.5 Å². The van der Waals surface area contributed by atoms with E-state index in [1.54, 1.807) is 12.3 Å². The third kappa shape index (κ3) is 1.71. The Kier molecular flexibility index (Phi) is 2.67. The van der Waals surface area contributed by atoms with Crippen molar-refractivity contribution < 1.29 is 4.39 Å². The van der Waals surface area contributed by atoms with Crippen molar-refractivity contribution in [1.82, 2.24) is 14.5 Å². The molecule has 0 unspecified atom stereocenters. The Morgan fingerprint density at radius 1 is 0.708 bits per heavy atom. The van der Waals surface area contributed by atoms with Gasteiger partial charge in [-0.3, -0.25) is 4.57 Å². The molecule has 0 fully saturated rings. The largest absolute Gasteiger partial charge is 0.277 e. The number of benzene rings is 2. The van der Waals surface area contributed by atoms with E-state index >= 15 is 0 Å². The molecule has 5 aromatic rings. The predicted octanol–water partition coefficient (Wildman–Crippen LogP) is 4.87. The lowest BCUT2D eigenvalue weighted by molar-refractivity contribution is 0.633. The second-order valence-corrected chi connectivity index (χ2v) is 5.70. The Bertz CT molecular complexity index is 1170. The van der Waals surface area contributed by atoms with Crippen LogP contribution in [0.3, 0.4) is 0 Å². The van der Waals surface area contributed by atoms with E-state index in [0.29, 0.717) is 11.2 Å². The van der Waals surface area contributed by atoms with E-state index in [1.165, 1.54) is 6.20 Å². The number of hydrogen-bond donors (Lipinski definition) is 0. The highest BCUT2D eigenvalue weighted by atomic mass is 19.1. The number of fused-ring (bicyclic) bond motifs is 4. The molecule has 3 aromatic heterocycles. The van der Waals surface area contributed by atoms with Gasteiger partial charge >= 0.3 is 0 Å². The smallest absolute Gasteiger partial charge is 0.149 e. The zero-order valence-electron chi connectivity index (χ0n) is 12.6. The van der Waals surface area contributed by atoms with Crippen molar-refractivity contribution in [3.63, 3.8) is 0 Å². The molecule has 3 nitrogen and oxygen atoms in total. The van der Waals surface area contributed by atoms with Gasteiger partial charge in [-0.05, 0) is 18.2 Å². The van der Waals surface area contributed by atoms with Gasteiger partial charge in [0, 0.05) is 27.7 Å². The fourth-order valence-corrected chi connectivity index (χ4v) is 3.33. The van der Waals surface area contributed by atoms with E-state index in [1.807, 2.05) is 53.1 Å². The quantitative estimate of drug-likeness (QED) is 0.442. The van der Waals surface area contributed by atoms with Crippen LogP contribution in [0.1, 0.15) is 0 Å². The highest BCUT2D eigenvalue weighted by Crippen LogP contribution is 2.32. The summed E-state index contributed by atoms with van der Waals surface area (Å²) < 4.78 is 16.2. The fraction of sp³-hybridized carbons (Fsp3) is 0. The van der Waals surface area contributed by atoms with E-state index in [9.17, 15) is 4.39 Å². The van der Waals surface area contributed by atoms with E-state index in [0.717, 1.165) is 27.3 Å². The van der Waals surface area contributed by atoms with Gasteiger partial charge in [0.25, 0.3) is 0 Å². The number of pyridine rings is 2. The molecule has 0 radical (unpaired) electrons. The van der Waals surface area contributed by atoms with E-state index in [2.05, 4.69) is 16.0 Å². The summed E-state index contributed by atoms with van der Waals surface area (Å²) in [6.07, 6.45) is 3.05. The van der Waals surface area contributed by atoms with E-state index in [-0.39, 0.29) is 5.82 Å². The summed E-state index contributed by atoms with van der Waals surface area (Å²) in [5.74, 6) is 0.375. The maximum absolute atomic E-state index is 14.1. The van der Waals surface area contributed by atoms with Gasteiger partial charge < -0.3 is 0 Å². The second-order valence-electron chi connectivity index (χ2n) is 5.70. The Hall–Kier alpha value is -3.27. The molecule has 0 spiro atoms. The molecule has 5 rings (SSSR count). The highest BCUT2D eigenvalue weighted by Gasteiger charge is 2.16. The molecular formula is C20H12FN3. The van der Waals surface area contributed by atoms with Crippen LogP contribution >= 0.6 is 0 Å². The summed E-state index contributed by atoms with van der Waals surface area (Å²) in [6, 6.07) is 19.5. The molecule has 0 saturated heterocycles. The molecule has 0 bridgehead atoms. The molecule has 0 N–H and O–H groups in total. The van der Waals surface area contributed by atoms with Gasteiger partial charge in [0.1, 0.15) is 17.3 Å². The van der Waals surface area contributed by atoms with Gasteiger partial charge in [0.2, 0.25) is 0 Å². The molecule has 0 aliphatic rings. The third-order valence-electron chi connectivity index (χ3n) is 4.37. The summed E-state index contributed by atoms with van der Waals surface area (Å²) in [6.45, 7) is 0. The van der Waals surface area contributed by atoms with Gasteiger partial charge in [0.05, 0.1) is 11.7 Å². The van der Waals surface area contributed by atoms with Crippen molar-refractivity contribution in [1.29, 1.82) is 0 Å². The summed E-state index contributed by atoms with van der Waals surface area (Å²) in [7, 11) is 0. The second kappa shape index (κ2) is 4.86. The normalized spacial score (nSPS) is 11.5. The first-order chi connectivity index (χ1) is 11.8. The average Bonchev–Trinajstić information content (AvgIpc) is 2.97. The molecular weight excluding hydrogens is 301 g/mol. The van der Waals surface area contributed by atoms with Gasteiger partial charge in [-0.1, -0.05) is 42.5 Å². The summed E-state index contributed by atoms with van der Waals surface area (Å²) in [5.41, 5.74) is 1.83. The van der Waals surface area contributed by atoms with Gasteiger partial charge in [0.15, 0.2) is 0 Å². The minimum Gasteiger partial charge on any atom is -0.277 e. The molecule has 0 amide bonds. The summed E-state index contributed by atoms with van der Waals surface area (Å²) in [4.78, 5) is 8.95. The molecule has 0 aliphatic heterocycles. The molecule has 114 valence electrons. The Labute approximate surface area is 137 Å². The van der Waals surface area contributed by atoms with Crippen LogP contribution in [0.4, 0.5) is 4.39 Å². The lowest BCUT2D eigenvalue weighted by Crippen LogP contribution is -2.00. The first kappa shape index (κ1) is 13.2. The van der Waals surface area contributed by atoms with Crippen LogP contribution in [-0.4, -0.2) is 14.5 Å². The van der Waals surface area contributed by atoms with Gasteiger partial charge in [-0.2, -0.15) is 0 Å². The van der Waals surface area contributed by atoms with Crippen molar-refractivity contribution in [2.24, 2.45) is 0 Å². The summed E-state index contributed by atoms with van der Waals surface area (Å²) in [5, 5.41) is 3.49. The lowest BCUT2D eigenvalue weighted by atomic mass is 10.1.